The van der Waals surface area contributed by atoms with Crippen molar-refractivity contribution in [2.24, 2.45) is 0 Å². The van der Waals surface area contributed by atoms with Crippen LogP contribution in [0.3, 0.4) is 0 Å². The number of nitriles is 1. The smallest absolute Gasteiger partial charge is 0.289 e. The molecule has 0 fully saturated rings. The molecule has 1 N–H and O–H groups in total. The molecular weight excluding hydrogens is 268 g/mol. The lowest BCUT2D eigenvalue weighted by Gasteiger charge is -2.30. The van der Waals surface area contributed by atoms with Crippen LogP contribution in [-0.4, -0.2) is 16.5 Å². The Balaban J connectivity index is 1.72. The largest absolute Gasteiger partial charge is 0.368 e. The van der Waals surface area contributed by atoms with Crippen molar-refractivity contribution >= 4 is 11.5 Å². The normalized spacial score (nSPS) is 15.5. The average molecular weight is 280 g/mol. The molecule has 0 saturated carbocycles. The minimum absolute atomic E-state index is 0.175. The summed E-state index contributed by atoms with van der Waals surface area (Å²) in [5.41, 5.74) is 2.68. The SMILES string of the molecule is N#Cc1cc([N+](=O)[O-])cnc1NCC1Cc2ccccc21. The zero-order valence-corrected chi connectivity index (χ0v) is 11.1. The van der Waals surface area contributed by atoms with E-state index in [-0.39, 0.29) is 11.3 Å². The van der Waals surface area contributed by atoms with Crippen LogP contribution in [0.15, 0.2) is 36.5 Å². The second-order valence-corrected chi connectivity index (χ2v) is 4.94. The highest BCUT2D eigenvalue weighted by Gasteiger charge is 2.25. The third kappa shape index (κ3) is 2.41. The summed E-state index contributed by atoms with van der Waals surface area (Å²) >= 11 is 0. The van der Waals surface area contributed by atoms with Crippen molar-refractivity contribution in [1.29, 1.82) is 5.26 Å². The minimum atomic E-state index is -0.556. The number of nitro groups is 1. The molecule has 0 radical (unpaired) electrons. The van der Waals surface area contributed by atoms with E-state index in [9.17, 15) is 10.1 Å². The maximum Gasteiger partial charge on any atom is 0.289 e. The standard InChI is InChI=1S/C15H12N4O2/c16-7-11-6-13(19(20)21)9-18-15(11)17-8-12-5-10-3-1-2-4-14(10)12/h1-4,6,9,12H,5,8H2,(H,17,18). The zero-order chi connectivity index (χ0) is 14.8. The number of pyridine rings is 1. The van der Waals surface area contributed by atoms with Gasteiger partial charge in [0.25, 0.3) is 5.69 Å². The van der Waals surface area contributed by atoms with E-state index in [0.717, 1.165) is 12.6 Å². The van der Waals surface area contributed by atoms with Gasteiger partial charge in [0.05, 0.1) is 4.92 Å². The second-order valence-electron chi connectivity index (χ2n) is 4.94. The molecule has 1 aromatic heterocycles. The van der Waals surface area contributed by atoms with Gasteiger partial charge in [-0.3, -0.25) is 10.1 Å². The fourth-order valence-electron chi connectivity index (χ4n) is 2.54. The van der Waals surface area contributed by atoms with Crippen LogP contribution in [0.25, 0.3) is 0 Å². The number of aromatic nitrogens is 1. The van der Waals surface area contributed by atoms with Crippen LogP contribution in [0.5, 0.6) is 0 Å². The number of hydrogen-bond donors (Lipinski definition) is 1. The first-order chi connectivity index (χ1) is 10.2. The Morgan fingerprint density at radius 2 is 2.29 bits per heavy atom. The maximum absolute atomic E-state index is 10.7. The van der Waals surface area contributed by atoms with Crippen molar-refractivity contribution in [3.05, 3.63) is 63.3 Å². The summed E-state index contributed by atoms with van der Waals surface area (Å²) in [6, 6.07) is 11.4. The van der Waals surface area contributed by atoms with Gasteiger partial charge in [0.15, 0.2) is 0 Å². The Bertz CT molecular complexity index is 752. The van der Waals surface area contributed by atoms with Crippen LogP contribution >= 0.6 is 0 Å². The minimum Gasteiger partial charge on any atom is -0.368 e. The fraction of sp³-hybridized carbons (Fsp3) is 0.200. The summed E-state index contributed by atoms with van der Waals surface area (Å²) in [7, 11) is 0. The van der Waals surface area contributed by atoms with E-state index in [1.807, 2.05) is 18.2 Å². The van der Waals surface area contributed by atoms with E-state index in [2.05, 4.69) is 22.4 Å². The molecule has 6 heteroatoms. The van der Waals surface area contributed by atoms with Gasteiger partial charge in [-0.15, -0.1) is 0 Å². The Hall–Kier alpha value is -2.94. The second kappa shape index (κ2) is 5.21. The summed E-state index contributed by atoms with van der Waals surface area (Å²) in [4.78, 5) is 14.1. The lowest BCUT2D eigenvalue weighted by atomic mass is 9.77. The van der Waals surface area contributed by atoms with Gasteiger partial charge in [0, 0.05) is 18.5 Å². The highest BCUT2D eigenvalue weighted by Crippen LogP contribution is 2.34. The van der Waals surface area contributed by atoms with Crippen LogP contribution < -0.4 is 5.32 Å². The van der Waals surface area contributed by atoms with E-state index in [1.54, 1.807) is 0 Å². The molecule has 0 saturated heterocycles. The summed E-state index contributed by atoms with van der Waals surface area (Å²) in [5.74, 6) is 0.789. The first-order valence-corrected chi connectivity index (χ1v) is 6.55. The van der Waals surface area contributed by atoms with Gasteiger partial charge in [-0.1, -0.05) is 24.3 Å². The van der Waals surface area contributed by atoms with Gasteiger partial charge < -0.3 is 5.32 Å². The third-order valence-electron chi connectivity index (χ3n) is 3.68. The molecule has 1 aliphatic rings. The number of hydrogen-bond acceptors (Lipinski definition) is 5. The van der Waals surface area contributed by atoms with E-state index in [1.165, 1.54) is 17.2 Å². The molecule has 1 heterocycles. The van der Waals surface area contributed by atoms with Gasteiger partial charge >= 0.3 is 0 Å². The maximum atomic E-state index is 10.7. The van der Waals surface area contributed by atoms with Crippen molar-refractivity contribution in [3.63, 3.8) is 0 Å². The van der Waals surface area contributed by atoms with E-state index < -0.39 is 4.92 Å². The molecule has 1 atom stereocenters. The van der Waals surface area contributed by atoms with Crippen molar-refractivity contribution < 1.29 is 4.92 Å². The quantitative estimate of drug-likeness (QED) is 0.686. The zero-order valence-electron chi connectivity index (χ0n) is 11.1. The number of anilines is 1. The van der Waals surface area contributed by atoms with Crippen molar-refractivity contribution in [1.82, 2.24) is 4.98 Å². The van der Waals surface area contributed by atoms with Crippen LogP contribution in [0.4, 0.5) is 11.5 Å². The summed E-state index contributed by atoms with van der Waals surface area (Å²) in [5, 5.41) is 22.9. The van der Waals surface area contributed by atoms with Gasteiger partial charge in [0.1, 0.15) is 23.6 Å². The van der Waals surface area contributed by atoms with E-state index in [4.69, 9.17) is 5.26 Å². The van der Waals surface area contributed by atoms with Crippen LogP contribution in [0, 0.1) is 21.4 Å². The van der Waals surface area contributed by atoms with Crippen molar-refractivity contribution in [2.75, 3.05) is 11.9 Å². The molecule has 0 amide bonds. The first-order valence-electron chi connectivity index (χ1n) is 6.55. The van der Waals surface area contributed by atoms with E-state index in [0.29, 0.717) is 18.3 Å². The number of fused-ring (bicyclic) bond motifs is 1. The van der Waals surface area contributed by atoms with Gasteiger partial charge in [-0.2, -0.15) is 5.26 Å². The molecule has 21 heavy (non-hydrogen) atoms. The lowest BCUT2D eigenvalue weighted by Crippen LogP contribution is -2.24. The van der Waals surface area contributed by atoms with Gasteiger partial charge in [0.2, 0.25) is 0 Å². The van der Waals surface area contributed by atoms with E-state index >= 15 is 0 Å². The highest BCUT2D eigenvalue weighted by atomic mass is 16.6. The molecule has 104 valence electrons. The Morgan fingerprint density at radius 1 is 1.48 bits per heavy atom. The molecule has 0 bridgehead atoms. The molecule has 1 aliphatic carbocycles. The number of rotatable bonds is 4. The van der Waals surface area contributed by atoms with Crippen LogP contribution in [-0.2, 0) is 6.42 Å². The summed E-state index contributed by atoms with van der Waals surface area (Å²) in [6.45, 7) is 0.663. The summed E-state index contributed by atoms with van der Waals surface area (Å²) in [6.07, 6.45) is 2.16. The molecule has 0 spiro atoms. The Morgan fingerprint density at radius 3 is 3.00 bits per heavy atom. The first kappa shape index (κ1) is 13.1. The topological polar surface area (TPSA) is 91.8 Å². The molecule has 2 aromatic rings. The van der Waals surface area contributed by atoms with Crippen LogP contribution in [0.1, 0.15) is 22.6 Å². The Kier molecular flexibility index (Phi) is 3.24. The summed E-state index contributed by atoms with van der Waals surface area (Å²) < 4.78 is 0. The molecule has 6 nitrogen and oxygen atoms in total. The predicted molar refractivity (Wildman–Crippen MR) is 77.0 cm³/mol. The molecule has 3 rings (SSSR count). The van der Waals surface area contributed by atoms with Crippen molar-refractivity contribution in [2.45, 2.75) is 12.3 Å². The van der Waals surface area contributed by atoms with Crippen molar-refractivity contribution in [3.8, 4) is 6.07 Å². The molecular formula is C15H12N4O2. The van der Waals surface area contributed by atoms with Crippen LogP contribution in [0.2, 0.25) is 0 Å². The molecule has 0 aliphatic heterocycles. The molecule has 1 unspecified atom stereocenters. The fourth-order valence-corrected chi connectivity index (χ4v) is 2.54. The monoisotopic (exact) mass is 280 g/mol. The lowest BCUT2D eigenvalue weighted by molar-refractivity contribution is -0.385. The van der Waals surface area contributed by atoms with Gasteiger partial charge in [-0.05, 0) is 17.5 Å². The average Bonchev–Trinajstić information content (AvgIpc) is 2.48. The predicted octanol–water partition coefficient (Wildman–Crippen LogP) is 2.61. The Labute approximate surface area is 121 Å². The third-order valence-corrected chi connectivity index (χ3v) is 3.68. The van der Waals surface area contributed by atoms with Gasteiger partial charge in [-0.25, -0.2) is 4.98 Å². The highest BCUT2D eigenvalue weighted by molar-refractivity contribution is 5.56. The number of benzene rings is 1. The number of nitrogens with one attached hydrogen (secondary N) is 1. The number of nitrogens with zero attached hydrogens (tertiary/aromatic N) is 3. The molecule has 1 aromatic carbocycles.